The van der Waals surface area contributed by atoms with Crippen LogP contribution < -0.4 is 0 Å². The Hall–Kier alpha value is -2.42. The maximum atomic E-state index is 11.9. The molecule has 0 spiro atoms. The van der Waals surface area contributed by atoms with Crippen LogP contribution in [0, 0.1) is 0 Å². The van der Waals surface area contributed by atoms with Crippen molar-refractivity contribution in [3.8, 4) is 0 Å². The smallest absolute Gasteiger partial charge is 0.105 e. The quantitative estimate of drug-likeness (QED) is 0.420. The normalized spacial score (nSPS) is 14.7. The summed E-state index contributed by atoms with van der Waals surface area (Å²) in [6.07, 6.45) is -1.58. The van der Waals surface area contributed by atoms with E-state index in [1.807, 2.05) is 60.7 Å². The van der Waals surface area contributed by atoms with Gasteiger partial charge >= 0.3 is 0 Å². The second kappa shape index (κ2) is 9.32. The average molecular weight is 459 g/mol. The Morgan fingerprint density at radius 2 is 0.824 bits per heavy atom. The molecule has 3 rings (SSSR count). The van der Waals surface area contributed by atoms with Crippen molar-refractivity contribution in [2.75, 3.05) is 0 Å². The molecule has 0 aliphatic heterocycles. The van der Waals surface area contributed by atoms with E-state index in [-0.39, 0.29) is 16.2 Å². The number of hydrogen-bond acceptors (Lipinski definition) is 2. The van der Waals surface area contributed by atoms with Gasteiger partial charge in [-0.1, -0.05) is 129 Å². The Balaban J connectivity index is 2.54. The van der Waals surface area contributed by atoms with Gasteiger partial charge in [0.2, 0.25) is 0 Å². The van der Waals surface area contributed by atoms with Crippen LogP contribution in [0.1, 0.15) is 113 Å². The third kappa shape index (κ3) is 5.29. The largest absolute Gasteiger partial charge is 0.384 e. The second-order valence-corrected chi connectivity index (χ2v) is 12.6. The standard InChI is InChI=1S/C32H42O2/c1-30(2,3)23-20-24(31(4,5)6)26(29(34)22-18-14-11-15-19-22)27(32(7,8)9)25(23)28(33)21-16-12-10-13-17-21/h10-20,28-29,33-34H,1-9H3/t28-,29-/m0/s1. The third-order valence-corrected chi connectivity index (χ3v) is 6.55. The Kier molecular flexibility index (Phi) is 7.18. The number of benzene rings is 3. The summed E-state index contributed by atoms with van der Waals surface area (Å²) >= 11 is 0. The van der Waals surface area contributed by atoms with Crippen molar-refractivity contribution in [2.24, 2.45) is 0 Å². The molecule has 0 radical (unpaired) electrons. The molecule has 0 aliphatic rings. The molecule has 0 fully saturated rings. The van der Waals surface area contributed by atoms with Crippen molar-refractivity contribution >= 4 is 0 Å². The summed E-state index contributed by atoms with van der Waals surface area (Å²) < 4.78 is 0. The molecule has 34 heavy (non-hydrogen) atoms. The molecular formula is C32H42O2. The van der Waals surface area contributed by atoms with E-state index in [9.17, 15) is 10.2 Å². The molecule has 0 bridgehead atoms. The van der Waals surface area contributed by atoms with Crippen molar-refractivity contribution in [1.29, 1.82) is 0 Å². The van der Waals surface area contributed by atoms with Crippen LogP contribution in [0.5, 0.6) is 0 Å². The second-order valence-electron chi connectivity index (χ2n) is 12.6. The first-order valence-electron chi connectivity index (χ1n) is 12.3. The third-order valence-electron chi connectivity index (χ3n) is 6.55. The van der Waals surface area contributed by atoms with Crippen LogP contribution in [0.25, 0.3) is 0 Å². The van der Waals surface area contributed by atoms with Gasteiger partial charge in [0.05, 0.1) is 0 Å². The lowest BCUT2D eigenvalue weighted by Gasteiger charge is -2.39. The number of hydrogen-bond donors (Lipinski definition) is 2. The van der Waals surface area contributed by atoms with Gasteiger partial charge in [0.15, 0.2) is 0 Å². The summed E-state index contributed by atoms with van der Waals surface area (Å²) in [5.41, 5.74) is 6.17. The van der Waals surface area contributed by atoms with Gasteiger partial charge in [-0.15, -0.1) is 0 Å². The van der Waals surface area contributed by atoms with E-state index in [4.69, 9.17) is 0 Å². The molecule has 2 nitrogen and oxygen atoms in total. The summed E-state index contributed by atoms with van der Waals surface area (Å²) in [5, 5.41) is 23.7. The van der Waals surface area contributed by atoms with E-state index >= 15 is 0 Å². The van der Waals surface area contributed by atoms with E-state index in [1.54, 1.807) is 0 Å². The predicted molar refractivity (Wildman–Crippen MR) is 144 cm³/mol. The molecule has 0 aliphatic carbocycles. The highest BCUT2D eigenvalue weighted by molar-refractivity contribution is 5.58. The molecule has 0 aromatic heterocycles. The van der Waals surface area contributed by atoms with Crippen LogP contribution in [0.2, 0.25) is 0 Å². The lowest BCUT2D eigenvalue weighted by Crippen LogP contribution is -2.30. The van der Waals surface area contributed by atoms with E-state index in [0.29, 0.717) is 0 Å². The van der Waals surface area contributed by atoms with Crippen LogP contribution >= 0.6 is 0 Å². The Bertz CT molecular complexity index is 1030. The summed E-state index contributed by atoms with van der Waals surface area (Å²) in [6, 6.07) is 22.0. The summed E-state index contributed by atoms with van der Waals surface area (Å²) in [5.74, 6) is 0. The SMILES string of the molecule is CC(C)(C)c1cc(C(C)(C)C)c([C@@H](O)c2ccccc2)c(C(C)(C)C)c1[C@@H](O)c1ccccc1. The fourth-order valence-electron chi connectivity index (χ4n) is 4.94. The van der Waals surface area contributed by atoms with Gasteiger partial charge < -0.3 is 10.2 Å². The highest BCUT2D eigenvalue weighted by Gasteiger charge is 2.37. The molecular weight excluding hydrogens is 416 g/mol. The molecule has 0 saturated carbocycles. The highest BCUT2D eigenvalue weighted by Crippen LogP contribution is 2.48. The minimum Gasteiger partial charge on any atom is -0.384 e. The molecule has 0 amide bonds. The molecule has 182 valence electrons. The van der Waals surface area contributed by atoms with E-state index in [0.717, 1.165) is 38.9 Å². The molecule has 3 aromatic rings. The van der Waals surface area contributed by atoms with Gasteiger partial charge in [-0.25, -0.2) is 0 Å². The molecule has 0 saturated heterocycles. The van der Waals surface area contributed by atoms with E-state index in [1.165, 1.54) is 0 Å². The van der Waals surface area contributed by atoms with Crippen molar-refractivity contribution in [1.82, 2.24) is 0 Å². The lowest BCUT2D eigenvalue weighted by molar-refractivity contribution is 0.204. The van der Waals surface area contributed by atoms with Crippen molar-refractivity contribution < 1.29 is 10.2 Å². The summed E-state index contributed by atoms with van der Waals surface area (Å²) in [6.45, 7) is 19.8. The van der Waals surface area contributed by atoms with Crippen LogP contribution in [0.3, 0.4) is 0 Å². The van der Waals surface area contributed by atoms with Crippen molar-refractivity contribution in [3.05, 3.63) is 106 Å². The Morgan fingerprint density at radius 1 is 0.500 bits per heavy atom. The number of rotatable bonds is 4. The first kappa shape index (κ1) is 26.2. The molecule has 0 unspecified atom stereocenters. The van der Waals surface area contributed by atoms with Crippen molar-refractivity contribution in [2.45, 2.75) is 90.8 Å². The first-order chi connectivity index (χ1) is 15.6. The van der Waals surface area contributed by atoms with Crippen LogP contribution in [-0.2, 0) is 16.2 Å². The van der Waals surface area contributed by atoms with E-state index in [2.05, 4.69) is 68.4 Å². The zero-order chi connectivity index (χ0) is 25.5. The van der Waals surface area contributed by atoms with Gasteiger partial charge in [0.25, 0.3) is 0 Å². The molecule has 2 N–H and O–H groups in total. The molecule has 0 heterocycles. The maximum absolute atomic E-state index is 11.9. The number of aliphatic hydroxyl groups excluding tert-OH is 2. The fraction of sp³-hybridized carbons (Fsp3) is 0.438. The minimum absolute atomic E-state index is 0.193. The molecule has 2 heteroatoms. The topological polar surface area (TPSA) is 40.5 Å². The minimum atomic E-state index is -0.791. The zero-order valence-electron chi connectivity index (χ0n) is 22.4. The van der Waals surface area contributed by atoms with Gasteiger partial charge in [0, 0.05) is 0 Å². The van der Waals surface area contributed by atoms with Gasteiger partial charge in [0.1, 0.15) is 12.2 Å². The maximum Gasteiger partial charge on any atom is 0.105 e. The first-order valence-corrected chi connectivity index (χ1v) is 12.3. The Labute approximate surface area is 206 Å². The number of aliphatic hydroxyl groups is 2. The van der Waals surface area contributed by atoms with Crippen molar-refractivity contribution in [3.63, 3.8) is 0 Å². The average Bonchev–Trinajstić information content (AvgIpc) is 2.76. The van der Waals surface area contributed by atoms with Gasteiger partial charge in [-0.3, -0.25) is 0 Å². The predicted octanol–water partition coefficient (Wildman–Crippen LogP) is 7.74. The molecule has 2 atom stereocenters. The van der Waals surface area contributed by atoms with Gasteiger partial charge in [-0.2, -0.15) is 0 Å². The summed E-state index contributed by atoms with van der Waals surface area (Å²) in [7, 11) is 0. The fourth-order valence-corrected chi connectivity index (χ4v) is 4.94. The van der Waals surface area contributed by atoms with Crippen LogP contribution in [0.15, 0.2) is 66.7 Å². The monoisotopic (exact) mass is 458 g/mol. The van der Waals surface area contributed by atoms with Crippen LogP contribution in [-0.4, -0.2) is 10.2 Å². The van der Waals surface area contributed by atoms with Gasteiger partial charge in [-0.05, 0) is 55.2 Å². The molecule has 3 aromatic carbocycles. The zero-order valence-corrected chi connectivity index (χ0v) is 22.4. The van der Waals surface area contributed by atoms with E-state index < -0.39 is 12.2 Å². The summed E-state index contributed by atoms with van der Waals surface area (Å²) in [4.78, 5) is 0. The Morgan fingerprint density at radius 3 is 1.09 bits per heavy atom. The van der Waals surface area contributed by atoms with Crippen LogP contribution in [0.4, 0.5) is 0 Å². The lowest BCUT2D eigenvalue weighted by atomic mass is 9.66. The highest BCUT2D eigenvalue weighted by atomic mass is 16.3.